The van der Waals surface area contributed by atoms with Crippen LogP contribution in [0.5, 0.6) is 5.75 Å². The fourth-order valence-electron chi connectivity index (χ4n) is 2.48. The number of hydrogen-bond donors (Lipinski definition) is 3. The molecule has 3 aromatic rings. The number of aromatic nitrogens is 1. The van der Waals surface area contributed by atoms with E-state index < -0.39 is 5.91 Å². The summed E-state index contributed by atoms with van der Waals surface area (Å²) in [4.78, 5) is 15.7. The minimum atomic E-state index is -0.597. The van der Waals surface area contributed by atoms with Gasteiger partial charge in [-0.25, -0.2) is 0 Å². The average Bonchev–Trinajstić information content (AvgIpc) is 2.55. The van der Waals surface area contributed by atoms with E-state index >= 15 is 0 Å². The minimum absolute atomic E-state index is 0.122. The predicted molar refractivity (Wildman–Crippen MR) is 89.7 cm³/mol. The van der Waals surface area contributed by atoms with E-state index in [2.05, 4.69) is 4.98 Å². The van der Waals surface area contributed by atoms with Crippen molar-refractivity contribution < 1.29 is 9.90 Å². The topological polar surface area (TPSA) is 102 Å². The molecule has 0 aliphatic carbocycles. The molecule has 0 aliphatic heterocycles. The number of phenols is 1. The van der Waals surface area contributed by atoms with Gasteiger partial charge < -0.3 is 16.6 Å². The lowest BCUT2D eigenvalue weighted by Crippen LogP contribution is -2.14. The first kappa shape index (κ1) is 14.6. The van der Waals surface area contributed by atoms with Gasteiger partial charge in [0.05, 0.1) is 11.3 Å². The van der Waals surface area contributed by atoms with E-state index in [1.165, 1.54) is 0 Å². The van der Waals surface area contributed by atoms with E-state index in [1.54, 1.807) is 36.7 Å². The van der Waals surface area contributed by atoms with Crippen molar-refractivity contribution in [3.8, 4) is 28.0 Å². The van der Waals surface area contributed by atoms with Crippen LogP contribution < -0.4 is 11.5 Å². The van der Waals surface area contributed by atoms with Gasteiger partial charge in [-0.1, -0.05) is 12.1 Å². The maximum Gasteiger partial charge on any atom is 0.250 e. The number of rotatable bonds is 3. The molecule has 0 bridgehead atoms. The van der Waals surface area contributed by atoms with Gasteiger partial charge in [-0.3, -0.25) is 9.78 Å². The van der Waals surface area contributed by atoms with Gasteiger partial charge >= 0.3 is 0 Å². The number of carbonyl (C=O) groups excluding carboxylic acids is 1. The Morgan fingerprint density at radius 2 is 1.70 bits per heavy atom. The monoisotopic (exact) mass is 305 g/mol. The summed E-state index contributed by atoms with van der Waals surface area (Å²) in [7, 11) is 0. The molecule has 1 aromatic heterocycles. The SMILES string of the molecule is NC(=O)c1cc(-c2ccncc2)cc(-c2cccc(O)c2)c1N. The molecule has 1 heterocycles. The zero-order valence-corrected chi connectivity index (χ0v) is 12.2. The standard InChI is InChI=1S/C18H15N3O2/c19-17-15(12-2-1-3-14(22)8-12)9-13(10-16(17)18(20)23)11-4-6-21-7-5-11/h1-10,22H,19H2,(H2,20,23). The quantitative estimate of drug-likeness (QED) is 0.647. The van der Waals surface area contributed by atoms with Gasteiger partial charge in [-0.2, -0.15) is 0 Å². The first-order valence-corrected chi connectivity index (χ1v) is 6.99. The molecule has 1 amide bonds. The third-order valence-electron chi connectivity index (χ3n) is 3.62. The van der Waals surface area contributed by atoms with Gasteiger partial charge in [0.2, 0.25) is 0 Å². The van der Waals surface area contributed by atoms with Crippen LogP contribution in [0.2, 0.25) is 0 Å². The summed E-state index contributed by atoms with van der Waals surface area (Å²) in [6.07, 6.45) is 3.34. The number of phenolic OH excluding ortho intramolecular Hbond substituents is 1. The molecule has 0 spiro atoms. The number of nitrogen functional groups attached to an aromatic ring is 1. The molecular formula is C18H15N3O2. The van der Waals surface area contributed by atoms with Gasteiger partial charge in [0, 0.05) is 18.0 Å². The van der Waals surface area contributed by atoms with Crippen molar-refractivity contribution in [1.29, 1.82) is 0 Å². The van der Waals surface area contributed by atoms with Crippen molar-refractivity contribution in [3.63, 3.8) is 0 Å². The number of amides is 1. The molecule has 2 aromatic carbocycles. The van der Waals surface area contributed by atoms with Crippen LogP contribution in [0, 0.1) is 0 Å². The molecule has 0 aliphatic rings. The average molecular weight is 305 g/mol. The molecule has 0 unspecified atom stereocenters. The molecule has 0 saturated carbocycles. The maximum absolute atomic E-state index is 11.7. The first-order chi connectivity index (χ1) is 11.1. The summed E-state index contributed by atoms with van der Waals surface area (Å²) >= 11 is 0. The Hall–Kier alpha value is -3.34. The van der Waals surface area contributed by atoms with Gasteiger partial charge in [0.1, 0.15) is 5.75 Å². The smallest absolute Gasteiger partial charge is 0.250 e. The predicted octanol–water partition coefficient (Wildman–Crippen LogP) is 2.80. The first-order valence-electron chi connectivity index (χ1n) is 6.99. The highest BCUT2D eigenvalue weighted by atomic mass is 16.3. The van der Waals surface area contributed by atoms with E-state index in [4.69, 9.17) is 11.5 Å². The minimum Gasteiger partial charge on any atom is -0.508 e. The molecular weight excluding hydrogens is 290 g/mol. The third-order valence-corrected chi connectivity index (χ3v) is 3.62. The number of aromatic hydroxyl groups is 1. The Morgan fingerprint density at radius 1 is 0.957 bits per heavy atom. The van der Waals surface area contributed by atoms with Crippen molar-refractivity contribution in [1.82, 2.24) is 4.98 Å². The summed E-state index contributed by atoms with van der Waals surface area (Å²) in [6.45, 7) is 0. The fourth-order valence-corrected chi connectivity index (χ4v) is 2.48. The Labute approximate surface area is 133 Å². The molecule has 114 valence electrons. The van der Waals surface area contributed by atoms with Crippen LogP contribution in [0.1, 0.15) is 10.4 Å². The molecule has 0 atom stereocenters. The van der Waals surface area contributed by atoms with Crippen LogP contribution in [0.3, 0.4) is 0 Å². The summed E-state index contributed by atoms with van der Waals surface area (Å²) < 4.78 is 0. The molecule has 0 saturated heterocycles. The van der Waals surface area contributed by atoms with Crippen molar-refractivity contribution in [3.05, 3.63) is 66.5 Å². The lowest BCUT2D eigenvalue weighted by atomic mass is 9.94. The normalized spacial score (nSPS) is 10.4. The summed E-state index contributed by atoms with van der Waals surface area (Å²) in [5.74, 6) is -0.475. The number of anilines is 1. The number of nitrogens with two attached hydrogens (primary N) is 2. The molecule has 0 radical (unpaired) electrons. The van der Waals surface area contributed by atoms with Gasteiger partial charge in [0.15, 0.2) is 0 Å². The van der Waals surface area contributed by atoms with E-state index in [0.29, 0.717) is 16.8 Å². The van der Waals surface area contributed by atoms with Crippen LogP contribution in [-0.2, 0) is 0 Å². The summed E-state index contributed by atoms with van der Waals surface area (Å²) in [6, 6.07) is 13.9. The van der Waals surface area contributed by atoms with Crippen molar-refractivity contribution in [2.24, 2.45) is 5.73 Å². The Kier molecular flexibility index (Phi) is 3.68. The van der Waals surface area contributed by atoms with Crippen molar-refractivity contribution in [2.75, 3.05) is 5.73 Å². The molecule has 3 rings (SSSR count). The van der Waals surface area contributed by atoms with Gasteiger partial charge in [-0.05, 0) is 53.1 Å². The van der Waals surface area contributed by atoms with E-state index in [0.717, 1.165) is 11.1 Å². The largest absolute Gasteiger partial charge is 0.508 e. The molecule has 5 heteroatoms. The number of pyridine rings is 1. The zero-order valence-electron chi connectivity index (χ0n) is 12.2. The number of benzene rings is 2. The van der Waals surface area contributed by atoms with Crippen molar-refractivity contribution >= 4 is 11.6 Å². The Bertz CT molecular complexity index is 877. The summed E-state index contributed by atoms with van der Waals surface area (Å²) in [5, 5.41) is 9.69. The van der Waals surface area contributed by atoms with Crippen LogP contribution in [0.25, 0.3) is 22.3 Å². The molecule has 5 nitrogen and oxygen atoms in total. The van der Waals surface area contributed by atoms with Gasteiger partial charge in [0.25, 0.3) is 5.91 Å². The van der Waals surface area contributed by atoms with Crippen LogP contribution in [-0.4, -0.2) is 16.0 Å². The second-order valence-electron chi connectivity index (χ2n) is 5.14. The highest BCUT2D eigenvalue weighted by Gasteiger charge is 2.15. The van der Waals surface area contributed by atoms with E-state index in [-0.39, 0.29) is 11.3 Å². The maximum atomic E-state index is 11.7. The Balaban J connectivity index is 2.27. The van der Waals surface area contributed by atoms with E-state index in [1.807, 2.05) is 24.3 Å². The van der Waals surface area contributed by atoms with Crippen molar-refractivity contribution in [2.45, 2.75) is 0 Å². The highest BCUT2D eigenvalue weighted by Crippen LogP contribution is 2.35. The van der Waals surface area contributed by atoms with Crippen LogP contribution in [0.4, 0.5) is 5.69 Å². The number of primary amides is 1. The van der Waals surface area contributed by atoms with Gasteiger partial charge in [-0.15, -0.1) is 0 Å². The van der Waals surface area contributed by atoms with Crippen LogP contribution >= 0.6 is 0 Å². The van der Waals surface area contributed by atoms with Crippen LogP contribution in [0.15, 0.2) is 60.9 Å². The second-order valence-corrected chi connectivity index (χ2v) is 5.14. The lowest BCUT2D eigenvalue weighted by molar-refractivity contribution is 0.100. The fraction of sp³-hybridized carbons (Fsp3) is 0. The zero-order chi connectivity index (χ0) is 16.4. The number of carbonyl (C=O) groups is 1. The highest BCUT2D eigenvalue weighted by molar-refractivity contribution is 6.03. The number of nitrogens with zero attached hydrogens (tertiary/aromatic N) is 1. The Morgan fingerprint density at radius 3 is 2.35 bits per heavy atom. The molecule has 5 N–H and O–H groups in total. The second kappa shape index (κ2) is 5.81. The molecule has 0 fully saturated rings. The summed E-state index contributed by atoms with van der Waals surface area (Å²) in [5.41, 5.74) is 15.2. The number of hydrogen-bond acceptors (Lipinski definition) is 4. The third kappa shape index (κ3) is 2.85. The molecule has 23 heavy (non-hydrogen) atoms. The van der Waals surface area contributed by atoms with E-state index in [9.17, 15) is 9.90 Å². The lowest BCUT2D eigenvalue weighted by Gasteiger charge is -2.13.